The molecule has 0 bridgehead atoms. The molecule has 1 aromatic carbocycles. The van der Waals surface area contributed by atoms with E-state index in [0.29, 0.717) is 5.75 Å². The van der Waals surface area contributed by atoms with Gasteiger partial charge >= 0.3 is 5.30 Å². The van der Waals surface area contributed by atoms with Gasteiger partial charge in [0.25, 0.3) is 0 Å². The predicted molar refractivity (Wildman–Crippen MR) is 57.6 cm³/mol. The maximum atomic E-state index is 10.4. The Morgan fingerprint density at radius 3 is 3.00 bits per heavy atom. The first-order valence-corrected chi connectivity index (χ1v) is 5.16. The maximum absolute atomic E-state index is 10.4. The van der Waals surface area contributed by atoms with Crippen LogP contribution in [0.5, 0.6) is 0 Å². The molecule has 3 nitrogen and oxygen atoms in total. The Labute approximate surface area is 85.1 Å². The van der Waals surface area contributed by atoms with Gasteiger partial charge in [-0.05, 0) is 23.4 Å². The molecule has 0 aliphatic carbocycles. The van der Waals surface area contributed by atoms with Gasteiger partial charge in [0.2, 0.25) is 0 Å². The number of para-hydroxylation sites is 1. The van der Waals surface area contributed by atoms with Crippen molar-refractivity contribution in [3.63, 3.8) is 0 Å². The number of thioether (sulfide) groups is 1. The monoisotopic (exact) mass is 207 g/mol. The van der Waals surface area contributed by atoms with E-state index in [0.717, 1.165) is 28.2 Å². The van der Waals surface area contributed by atoms with Gasteiger partial charge in [0.1, 0.15) is 0 Å². The van der Waals surface area contributed by atoms with Crippen LogP contribution in [0.4, 0.5) is 4.79 Å². The summed E-state index contributed by atoms with van der Waals surface area (Å²) >= 11 is 0.900. The first kappa shape index (κ1) is 9.15. The number of carboxylic acid groups (broad SMARTS) is 1. The summed E-state index contributed by atoms with van der Waals surface area (Å²) in [6.45, 7) is 0. The lowest BCUT2D eigenvalue weighted by Gasteiger charge is -1.94. The summed E-state index contributed by atoms with van der Waals surface area (Å²) in [6, 6.07) is 7.87. The fourth-order valence-electron chi connectivity index (χ4n) is 1.39. The molecule has 1 heterocycles. The van der Waals surface area contributed by atoms with Gasteiger partial charge in [0.15, 0.2) is 0 Å². The number of fused-ring (bicyclic) bond motifs is 1. The fraction of sp³-hybridized carbons (Fsp3) is 0.100. The Bertz CT molecular complexity index is 464. The van der Waals surface area contributed by atoms with E-state index in [9.17, 15) is 4.79 Å². The molecule has 0 saturated heterocycles. The number of aromatic nitrogens is 1. The summed E-state index contributed by atoms with van der Waals surface area (Å²) in [6.07, 6.45) is 1.86. The molecule has 0 atom stereocenters. The second-order valence-corrected chi connectivity index (χ2v) is 3.84. The van der Waals surface area contributed by atoms with Crippen molar-refractivity contribution in [3.05, 3.63) is 36.0 Å². The van der Waals surface area contributed by atoms with Crippen LogP contribution in [-0.4, -0.2) is 15.4 Å². The highest BCUT2D eigenvalue weighted by molar-refractivity contribution is 8.12. The van der Waals surface area contributed by atoms with E-state index in [1.165, 1.54) is 0 Å². The van der Waals surface area contributed by atoms with Crippen LogP contribution >= 0.6 is 11.8 Å². The minimum absolute atomic E-state index is 0.499. The normalized spacial score (nSPS) is 10.6. The van der Waals surface area contributed by atoms with Gasteiger partial charge < -0.3 is 10.1 Å². The van der Waals surface area contributed by atoms with E-state index in [4.69, 9.17) is 5.11 Å². The molecule has 0 aliphatic rings. The van der Waals surface area contributed by atoms with E-state index in [-0.39, 0.29) is 0 Å². The molecule has 0 saturated carbocycles. The second-order valence-electron chi connectivity index (χ2n) is 2.91. The number of nitrogens with one attached hydrogen (secondary N) is 1. The van der Waals surface area contributed by atoms with E-state index < -0.39 is 5.30 Å². The third-order valence-electron chi connectivity index (χ3n) is 2.03. The molecule has 2 aromatic rings. The molecule has 2 N–H and O–H groups in total. The van der Waals surface area contributed by atoms with Gasteiger partial charge in [-0.1, -0.05) is 18.2 Å². The third kappa shape index (κ3) is 1.75. The van der Waals surface area contributed by atoms with Crippen molar-refractivity contribution in [2.75, 3.05) is 0 Å². The summed E-state index contributed by atoms with van der Waals surface area (Å²) in [7, 11) is 0. The molecule has 2 rings (SSSR count). The highest BCUT2D eigenvalue weighted by Crippen LogP contribution is 2.22. The summed E-state index contributed by atoms with van der Waals surface area (Å²) in [5.74, 6) is 0.499. The van der Waals surface area contributed by atoms with Gasteiger partial charge in [-0.3, -0.25) is 0 Å². The van der Waals surface area contributed by atoms with Crippen LogP contribution in [0.25, 0.3) is 10.9 Å². The van der Waals surface area contributed by atoms with Crippen molar-refractivity contribution in [1.82, 2.24) is 4.98 Å². The van der Waals surface area contributed by atoms with Crippen LogP contribution in [0.3, 0.4) is 0 Å². The van der Waals surface area contributed by atoms with Crippen molar-refractivity contribution in [2.24, 2.45) is 0 Å². The van der Waals surface area contributed by atoms with Gasteiger partial charge in [-0.25, -0.2) is 4.79 Å². The lowest BCUT2D eigenvalue weighted by Crippen LogP contribution is -1.85. The van der Waals surface area contributed by atoms with Crippen molar-refractivity contribution >= 4 is 28.0 Å². The molecule has 0 aliphatic heterocycles. The van der Waals surface area contributed by atoms with Crippen LogP contribution < -0.4 is 0 Å². The van der Waals surface area contributed by atoms with E-state index in [1.807, 2.05) is 30.5 Å². The molecule has 4 heteroatoms. The largest absolute Gasteiger partial charge is 0.473 e. The number of aromatic amines is 1. The lowest BCUT2D eigenvalue weighted by molar-refractivity contribution is 0.222. The number of rotatable bonds is 2. The van der Waals surface area contributed by atoms with Crippen molar-refractivity contribution < 1.29 is 9.90 Å². The molecule has 0 fully saturated rings. The van der Waals surface area contributed by atoms with Crippen LogP contribution in [0.1, 0.15) is 5.56 Å². The molecule has 0 spiro atoms. The number of hydrogen-bond acceptors (Lipinski definition) is 2. The zero-order chi connectivity index (χ0) is 9.97. The Balaban J connectivity index is 2.29. The molecule has 14 heavy (non-hydrogen) atoms. The SMILES string of the molecule is O=C(O)SCc1c[nH]c2ccccc12. The molecular weight excluding hydrogens is 198 g/mol. The van der Waals surface area contributed by atoms with E-state index >= 15 is 0 Å². The summed E-state index contributed by atoms with van der Waals surface area (Å²) in [5, 5.41) is 8.80. The number of carbonyl (C=O) groups is 1. The molecule has 1 aromatic heterocycles. The van der Waals surface area contributed by atoms with Gasteiger partial charge in [-0.2, -0.15) is 0 Å². The van der Waals surface area contributed by atoms with Crippen LogP contribution in [-0.2, 0) is 5.75 Å². The van der Waals surface area contributed by atoms with E-state index in [1.54, 1.807) is 0 Å². The zero-order valence-corrected chi connectivity index (χ0v) is 8.17. The summed E-state index contributed by atoms with van der Waals surface area (Å²) in [4.78, 5) is 13.5. The zero-order valence-electron chi connectivity index (χ0n) is 7.36. The number of benzene rings is 1. The Morgan fingerprint density at radius 2 is 2.21 bits per heavy atom. The van der Waals surface area contributed by atoms with Crippen molar-refractivity contribution in [3.8, 4) is 0 Å². The average Bonchev–Trinajstić information content (AvgIpc) is 2.58. The predicted octanol–water partition coefficient (Wildman–Crippen LogP) is 3.08. The minimum Gasteiger partial charge on any atom is -0.473 e. The average molecular weight is 207 g/mol. The number of hydrogen-bond donors (Lipinski definition) is 2. The molecule has 0 unspecified atom stereocenters. The highest BCUT2D eigenvalue weighted by Gasteiger charge is 2.04. The van der Waals surface area contributed by atoms with Crippen LogP contribution in [0.2, 0.25) is 0 Å². The van der Waals surface area contributed by atoms with Gasteiger partial charge in [0, 0.05) is 22.9 Å². The highest BCUT2D eigenvalue weighted by atomic mass is 32.2. The van der Waals surface area contributed by atoms with Gasteiger partial charge in [0.05, 0.1) is 0 Å². The molecule has 0 amide bonds. The smallest absolute Gasteiger partial charge is 0.365 e. The fourth-order valence-corrected chi connectivity index (χ4v) is 1.91. The second kappa shape index (κ2) is 3.75. The summed E-state index contributed by atoms with van der Waals surface area (Å²) in [5.41, 5.74) is 2.08. The van der Waals surface area contributed by atoms with Gasteiger partial charge in [-0.15, -0.1) is 0 Å². The maximum Gasteiger partial charge on any atom is 0.365 e. The lowest BCUT2D eigenvalue weighted by atomic mass is 10.2. The van der Waals surface area contributed by atoms with Crippen molar-refractivity contribution in [2.45, 2.75) is 5.75 Å². The number of H-pyrrole nitrogens is 1. The standard InChI is InChI=1S/C10H9NO2S/c12-10(13)14-6-7-5-11-9-4-2-1-3-8(7)9/h1-5,11H,6H2,(H,12,13). The first-order chi connectivity index (χ1) is 6.77. The Hall–Kier alpha value is -1.42. The van der Waals surface area contributed by atoms with Crippen LogP contribution in [0, 0.1) is 0 Å². The van der Waals surface area contributed by atoms with Crippen molar-refractivity contribution in [1.29, 1.82) is 0 Å². The van der Waals surface area contributed by atoms with Crippen LogP contribution in [0.15, 0.2) is 30.5 Å². The molecular formula is C10H9NO2S. The molecule has 72 valence electrons. The summed E-state index contributed by atoms with van der Waals surface area (Å²) < 4.78 is 0. The quantitative estimate of drug-likeness (QED) is 0.795. The Kier molecular flexibility index (Phi) is 2.45. The first-order valence-electron chi connectivity index (χ1n) is 4.18. The third-order valence-corrected chi connectivity index (χ3v) is 2.73. The minimum atomic E-state index is -0.838. The van der Waals surface area contributed by atoms with E-state index in [2.05, 4.69) is 4.98 Å². The topological polar surface area (TPSA) is 53.1 Å². The molecule has 0 radical (unpaired) electrons. The Morgan fingerprint density at radius 1 is 1.43 bits per heavy atom.